The van der Waals surface area contributed by atoms with Gasteiger partial charge in [0.2, 0.25) is 0 Å². The Hall–Kier alpha value is -1.12. The van der Waals surface area contributed by atoms with Gasteiger partial charge in [0.05, 0.1) is 14.7 Å². The molecule has 8 heteroatoms. The van der Waals surface area contributed by atoms with E-state index in [0.717, 1.165) is 10.2 Å². The first-order valence-corrected chi connectivity index (χ1v) is 7.87. The molecule has 19 heavy (non-hydrogen) atoms. The summed E-state index contributed by atoms with van der Waals surface area (Å²) < 4.78 is 1.43. The van der Waals surface area contributed by atoms with Gasteiger partial charge < -0.3 is 10.2 Å². The van der Waals surface area contributed by atoms with Crippen molar-refractivity contribution in [3.8, 4) is 5.75 Å². The molecule has 0 radical (unpaired) electrons. The number of carboxylic acid groups (broad SMARTS) is 1. The Labute approximate surface area is 124 Å². The van der Waals surface area contributed by atoms with Crippen LogP contribution < -0.4 is 0 Å². The summed E-state index contributed by atoms with van der Waals surface area (Å²) >= 11 is 6.10. The van der Waals surface area contributed by atoms with E-state index in [9.17, 15) is 9.90 Å². The lowest BCUT2D eigenvalue weighted by Crippen LogP contribution is -2.17. The van der Waals surface area contributed by atoms with Crippen LogP contribution in [-0.2, 0) is 4.79 Å². The van der Waals surface area contributed by atoms with Crippen molar-refractivity contribution in [2.45, 2.75) is 6.04 Å². The standard InChI is InChI=1S/C11H7BrN2O3S2/c12-7-6(15)2-1-4-8(7)19-10(13-4)9-14-5(3-18-9)11(16)17/h1-2,5,15H,3H2,(H,16,17)/t5-/m1/s1. The van der Waals surface area contributed by atoms with Crippen LogP contribution in [-0.4, -0.2) is 38.0 Å². The molecule has 98 valence electrons. The molecular formula is C11H7BrN2O3S2. The van der Waals surface area contributed by atoms with Crippen LogP contribution in [0.15, 0.2) is 21.6 Å². The molecule has 1 aromatic heterocycles. The Morgan fingerprint density at radius 3 is 2.95 bits per heavy atom. The summed E-state index contributed by atoms with van der Waals surface area (Å²) in [6, 6.07) is 2.60. The molecule has 0 aliphatic carbocycles. The Kier molecular flexibility index (Phi) is 3.23. The number of nitrogens with zero attached hydrogens (tertiary/aromatic N) is 2. The molecule has 2 heterocycles. The second-order valence-electron chi connectivity index (χ2n) is 3.87. The van der Waals surface area contributed by atoms with Crippen molar-refractivity contribution in [1.82, 2.24) is 4.98 Å². The summed E-state index contributed by atoms with van der Waals surface area (Å²) in [6.07, 6.45) is 0. The maximum Gasteiger partial charge on any atom is 0.329 e. The van der Waals surface area contributed by atoms with Gasteiger partial charge in [0.15, 0.2) is 6.04 Å². The van der Waals surface area contributed by atoms with E-state index in [4.69, 9.17) is 5.11 Å². The number of hydrogen-bond acceptors (Lipinski definition) is 6. The van der Waals surface area contributed by atoms with E-state index in [1.807, 2.05) is 0 Å². The predicted octanol–water partition coefficient (Wildman–Crippen LogP) is 2.71. The first kappa shape index (κ1) is 12.9. The SMILES string of the molecule is O=C(O)[C@H]1CSC(c2nc3ccc(O)c(Br)c3s2)=N1. The van der Waals surface area contributed by atoms with Gasteiger partial charge in [0, 0.05) is 5.75 Å². The highest BCUT2D eigenvalue weighted by Crippen LogP contribution is 2.37. The number of phenols is 1. The summed E-state index contributed by atoms with van der Waals surface area (Å²) in [5, 5.41) is 19.9. The summed E-state index contributed by atoms with van der Waals surface area (Å²) in [4.78, 5) is 19.5. The van der Waals surface area contributed by atoms with Gasteiger partial charge in [-0.05, 0) is 28.1 Å². The molecule has 0 fully saturated rings. The molecule has 0 saturated heterocycles. The average Bonchev–Trinajstić information content (AvgIpc) is 2.99. The van der Waals surface area contributed by atoms with E-state index < -0.39 is 12.0 Å². The molecular weight excluding hydrogens is 352 g/mol. The fourth-order valence-corrected chi connectivity index (χ4v) is 4.33. The number of rotatable bonds is 2. The monoisotopic (exact) mass is 358 g/mol. The molecule has 1 aliphatic heterocycles. The second kappa shape index (κ2) is 4.77. The van der Waals surface area contributed by atoms with Gasteiger partial charge in [0.25, 0.3) is 0 Å². The largest absolute Gasteiger partial charge is 0.507 e. The minimum absolute atomic E-state index is 0.159. The van der Waals surface area contributed by atoms with Crippen LogP contribution in [0.25, 0.3) is 10.2 Å². The van der Waals surface area contributed by atoms with Crippen LogP contribution in [0.1, 0.15) is 5.01 Å². The van der Waals surface area contributed by atoms with E-state index in [2.05, 4.69) is 25.9 Å². The van der Waals surface area contributed by atoms with Crippen LogP contribution in [0.4, 0.5) is 0 Å². The Balaban J connectivity index is 2.05. The highest BCUT2D eigenvalue weighted by Gasteiger charge is 2.27. The number of carbonyl (C=O) groups is 1. The lowest BCUT2D eigenvalue weighted by molar-refractivity contribution is -0.137. The van der Waals surface area contributed by atoms with Crippen molar-refractivity contribution in [3.05, 3.63) is 21.6 Å². The number of carboxylic acids is 1. The normalized spacial score (nSPS) is 18.8. The lowest BCUT2D eigenvalue weighted by Gasteiger charge is -1.94. The van der Waals surface area contributed by atoms with Gasteiger partial charge in [0.1, 0.15) is 15.8 Å². The molecule has 1 aromatic carbocycles. The van der Waals surface area contributed by atoms with Gasteiger partial charge in [-0.2, -0.15) is 0 Å². The number of aromatic hydroxyl groups is 1. The second-order valence-corrected chi connectivity index (χ2v) is 6.67. The topological polar surface area (TPSA) is 82.8 Å². The van der Waals surface area contributed by atoms with E-state index in [1.165, 1.54) is 23.1 Å². The third-order valence-corrected chi connectivity index (χ3v) is 5.94. The number of fused-ring (bicyclic) bond motifs is 1. The first-order chi connectivity index (χ1) is 9.06. The summed E-state index contributed by atoms with van der Waals surface area (Å²) in [5.74, 6) is -0.318. The summed E-state index contributed by atoms with van der Waals surface area (Å²) in [6.45, 7) is 0. The van der Waals surface area contributed by atoms with Gasteiger partial charge in [-0.25, -0.2) is 9.78 Å². The van der Waals surface area contributed by atoms with E-state index in [0.29, 0.717) is 20.3 Å². The third kappa shape index (κ3) is 2.24. The Bertz CT molecular complexity index is 713. The fourth-order valence-electron chi connectivity index (χ4n) is 1.66. The fraction of sp³-hybridized carbons (Fsp3) is 0.182. The number of benzene rings is 1. The minimum Gasteiger partial charge on any atom is -0.507 e. The van der Waals surface area contributed by atoms with Crippen molar-refractivity contribution in [1.29, 1.82) is 0 Å². The Morgan fingerprint density at radius 1 is 1.47 bits per heavy atom. The van der Waals surface area contributed by atoms with E-state index >= 15 is 0 Å². The highest BCUT2D eigenvalue weighted by molar-refractivity contribution is 9.10. The number of aliphatic carboxylic acids is 1. The van der Waals surface area contributed by atoms with E-state index in [-0.39, 0.29) is 5.75 Å². The molecule has 0 unspecified atom stereocenters. The number of aromatic nitrogens is 1. The van der Waals surface area contributed by atoms with Crippen LogP contribution in [0.2, 0.25) is 0 Å². The van der Waals surface area contributed by atoms with Gasteiger partial charge >= 0.3 is 5.97 Å². The molecule has 0 saturated carbocycles. The molecule has 2 N–H and O–H groups in total. The maximum absolute atomic E-state index is 10.9. The molecule has 0 amide bonds. The van der Waals surface area contributed by atoms with E-state index in [1.54, 1.807) is 12.1 Å². The zero-order valence-corrected chi connectivity index (χ0v) is 12.5. The Morgan fingerprint density at radius 2 is 2.26 bits per heavy atom. The van der Waals surface area contributed by atoms with Crippen LogP contribution in [0.5, 0.6) is 5.75 Å². The quantitative estimate of drug-likeness (QED) is 0.862. The third-order valence-electron chi connectivity index (χ3n) is 2.60. The maximum atomic E-state index is 10.9. The van der Waals surface area contributed by atoms with Crippen LogP contribution >= 0.6 is 39.0 Å². The zero-order valence-electron chi connectivity index (χ0n) is 9.33. The van der Waals surface area contributed by atoms with Gasteiger partial charge in [-0.15, -0.1) is 23.1 Å². The average molecular weight is 359 g/mol. The summed E-state index contributed by atoms with van der Waals surface area (Å²) in [7, 11) is 0. The zero-order chi connectivity index (χ0) is 13.6. The van der Waals surface area contributed by atoms with Crippen LogP contribution in [0, 0.1) is 0 Å². The molecule has 5 nitrogen and oxygen atoms in total. The minimum atomic E-state index is -0.914. The molecule has 3 rings (SSSR count). The van der Waals surface area contributed by atoms with Gasteiger partial charge in [-0.1, -0.05) is 0 Å². The van der Waals surface area contributed by atoms with Crippen molar-refractivity contribution in [2.75, 3.05) is 5.75 Å². The molecule has 1 atom stereocenters. The summed E-state index contributed by atoms with van der Waals surface area (Å²) in [5.41, 5.74) is 0.756. The number of hydrogen-bond donors (Lipinski definition) is 2. The first-order valence-electron chi connectivity index (χ1n) is 5.28. The van der Waals surface area contributed by atoms with Gasteiger partial charge in [-0.3, -0.25) is 4.99 Å². The highest BCUT2D eigenvalue weighted by atomic mass is 79.9. The van der Waals surface area contributed by atoms with Crippen molar-refractivity contribution in [2.24, 2.45) is 4.99 Å². The molecule has 0 bridgehead atoms. The molecule has 0 spiro atoms. The van der Waals surface area contributed by atoms with Crippen molar-refractivity contribution in [3.63, 3.8) is 0 Å². The number of halogens is 1. The molecule has 2 aromatic rings. The smallest absolute Gasteiger partial charge is 0.329 e. The number of aliphatic imine (C=N–C) groups is 1. The molecule has 1 aliphatic rings. The van der Waals surface area contributed by atoms with Crippen molar-refractivity contribution >= 4 is 60.3 Å². The number of phenolic OH excluding ortho intramolecular Hbond substituents is 1. The van der Waals surface area contributed by atoms with Crippen LogP contribution in [0.3, 0.4) is 0 Å². The van der Waals surface area contributed by atoms with Crippen molar-refractivity contribution < 1.29 is 15.0 Å². The predicted molar refractivity (Wildman–Crippen MR) is 79.4 cm³/mol. The lowest BCUT2D eigenvalue weighted by atomic mass is 10.3. The number of thioether (sulfide) groups is 1. The number of thiazole rings is 1.